The van der Waals surface area contributed by atoms with Crippen LogP contribution < -0.4 is 4.74 Å². The van der Waals surface area contributed by atoms with E-state index in [1.54, 1.807) is 29.5 Å². The van der Waals surface area contributed by atoms with E-state index < -0.39 is 17.6 Å². The molecule has 0 amide bonds. The predicted molar refractivity (Wildman–Crippen MR) is 67.5 cm³/mol. The van der Waals surface area contributed by atoms with E-state index in [9.17, 15) is 17.6 Å². The minimum Gasteiger partial charge on any atom is -0.433 e. The van der Waals surface area contributed by atoms with Gasteiger partial charge in [-0.05, 0) is 41.6 Å². The molecule has 1 aromatic heterocycles. The van der Waals surface area contributed by atoms with Gasteiger partial charge in [-0.2, -0.15) is 13.2 Å². The summed E-state index contributed by atoms with van der Waals surface area (Å²) in [4.78, 5) is 0. The lowest BCUT2D eigenvalue weighted by Gasteiger charge is -2.11. The van der Waals surface area contributed by atoms with Crippen LogP contribution in [0.1, 0.15) is 11.3 Å². The standard InChI is InChI=1S/C11H7F4IN2O/c1-5-2-9(18-17-5)19-10-7(12)3-6(4-8(10)16)11(13,14)15/h2-4H,1H3,(H,17,18). The molecule has 0 unspecified atom stereocenters. The van der Waals surface area contributed by atoms with E-state index in [0.717, 1.165) is 6.07 Å². The fourth-order valence-corrected chi connectivity index (χ4v) is 2.07. The van der Waals surface area contributed by atoms with E-state index in [1.165, 1.54) is 6.07 Å². The molecule has 0 saturated carbocycles. The lowest BCUT2D eigenvalue weighted by Crippen LogP contribution is -2.07. The van der Waals surface area contributed by atoms with E-state index in [4.69, 9.17) is 4.74 Å². The predicted octanol–water partition coefficient (Wildman–Crippen LogP) is 4.27. The Bertz CT molecular complexity index is 586. The Hall–Kier alpha value is -1.32. The van der Waals surface area contributed by atoms with Gasteiger partial charge in [-0.15, -0.1) is 5.10 Å². The third kappa shape index (κ3) is 3.17. The van der Waals surface area contributed by atoms with Gasteiger partial charge in [-0.25, -0.2) is 4.39 Å². The van der Waals surface area contributed by atoms with Gasteiger partial charge in [-0.1, -0.05) is 0 Å². The zero-order chi connectivity index (χ0) is 14.2. The number of aryl methyl sites for hydroxylation is 1. The molecule has 19 heavy (non-hydrogen) atoms. The Morgan fingerprint density at radius 1 is 1.26 bits per heavy atom. The SMILES string of the molecule is Cc1cc(Oc2c(F)cc(C(F)(F)F)cc2I)n[nH]1. The molecule has 0 radical (unpaired) electrons. The number of rotatable bonds is 2. The molecule has 0 aliphatic carbocycles. The van der Waals surface area contributed by atoms with Gasteiger partial charge in [0.1, 0.15) is 0 Å². The molecule has 0 aliphatic heterocycles. The summed E-state index contributed by atoms with van der Waals surface area (Å²) in [5.74, 6) is -1.27. The number of halogens is 5. The van der Waals surface area contributed by atoms with Crippen molar-refractivity contribution < 1.29 is 22.3 Å². The van der Waals surface area contributed by atoms with E-state index >= 15 is 0 Å². The first-order valence-corrected chi connectivity index (χ1v) is 6.11. The molecule has 3 nitrogen and oxygen atoms in total. The number of ether oxygens (including phenoxy) is 1. The van der Waals surface area contributed by atoms with Crippen molar-refractivity contribution in [2.24, 2.45) is 0 Å². The van der Waals surface area contributed by atoms with Gasteiger partial charge in [0.25, 0.3) is 0 Å². The maximum absolute atomic E-state index is 13.7. The van der Waals surface area contributed by atoms with Gasteiger partial charge < -0.3 is 4.74 Å². The van der Waals surface area contributed by atoms with Gasteiger partial charge in [-0.3, -0.25) is 5.10 Å². The zero-order valence-corrected chi connectivity index (χ0v) is 11.6. The number of H-pyrrole nitrogens is 1. The molecule has 1 heterocycles. The van der Waals surface area contributed by atoms with Crippen LogP contribution >= 0.6 is 22.6 Å². The molecule has 1 aromatic carbocycles. The number of aromatic nitrogens is 2. The van der Waals surface area contributed by atoms with Gasteiger partial charge in [0.15, 0.2) is 11.6 Å². The lowest BCUT2D eigenvalue weighted by molar-refractivity contribution is -0.137. The number of hydrogen-bond donors (Lipinski definition) is 1. The van der Waals surface area contributed by atoms with Crippen LogP contribution in [0, 0.1) is 16.3 Å². The average molecular weight is 386 g/mol. The summed E-state index contributed by atoms with van der Waals surface area (Å²) in [7, 11) is 0. The number of aromatic amines is 1. The van der Waals surface area contributed by atoms with Crippen LogP contribution in [0.15, 0.2) is 18.2 Å². The molecule has 2 rings (SSSR count). The van der Waals surface area contributed by atoms with Crippen molar-refractivity contribution >= 4 is 22.6 Å². The Kier molecular flexibility index (Phi) is 3.70. The molecule has 0 aliphatic rings. The van der Waals surface area contributed by atoms with Crippen molar-refractivity contribution in [3.8, 4) is 11.6 Å². The van der Waals surface area contributed by atoms with Crippen molar-refractivity contribution in [2.45, 2.75) is 13.1 Å². The van der Waals surface area contributed by atoms with E-state index in [0.29, 0.717) is 11.8 Å². The highest BCUT2D eigenvalue weighted by atomic mass is 127. The number of nitrogens with zero attached hydrogens (tertiary/aromatic N) is 1. The van der Waals surface area contributed by atoms with Crippen LogP contribution in [0.4, 0.5) is 17.6 Å². The maximum atomic E-state index is 13.7. The first kappa shape index (κ1) is 14.1. The first-order valence-electron chi connectivity index (χ1n) is 5.03. The minimum atomic E-state index is -4.60. The molecule has 0 saturated heterocycles. The normalized spacial score (nSPS) is 11.7. The molecule has 0 spiro atoms. The van der Waals surface area contributed by atoms with Crippen LogP contribution in [0.3, 0.4) is 0 Å². The Labute approximate surface area is 119 Å². The quantitative estimate of drug-likeness (QED) is 0.619. The highest BCUT2D eigenvalue weighted by Crippen LogP contribution is 2.36. The van der Waals surface area contributed by atoms with Crippen LogP contribution in [0.25, 0.3) is 0 Å². The third-order valence-corrected chi connectivity index (χ3v) is 3.02. The topological polar surface area (TPSA) is 37.9 Å². The minimum absolute atomic E-state index is 0.0191. The Morgan fingerprint density at radius 3 is 2.42 bits per heavy atom. The second-order valence-electron chi connectivity index (χ2n) is 3.76. The summed E-state index contributed by atoms with van der Waals surface area (Å²) in [6.07, 6.45) is -4.60. The fraction of sp³-hybridized carbons (Fsp3) is 0.182. The van der Waals surface area contributed by atoms with E-state index in [2.05, 4.69) is 10.2 Å². The van der Waals surface area contributed by atoms with Crippen molar-refractivity contribution in [1.29, 1.82) is 0 Å². The molecule has 2 aromatic rings. The molecule has 102 valence electrons. The van der Waals surface area contributed by atoms with Gasteiger partial charge in [0.05, 0.1) is 9.13 Å². The number of benzene rings is 1. The summed E-state index contributed by atoms with van der Waals surface area (Å²) in [6.45, 7) is 1.72. The largest absolute Gasteiger partial charge is 0.433 e. The monoisotopic (exact) mass is 386 g/mol. The van der Waals surface area contributed by atoms with E-state index in [1.807, 2.05) is 0 Å². The number of alkyl halides is 3. The van der Waals surface area contributed by atoms with Crippen LogP contribution in [0.2, 0.25) is 0 Å². The van der Waals surface area contributed by atoms with Crippen molar-refractivity contribution in [3.05, 3.63) is 38.8 Å². The number of hydrogen-bond acceptors (Lipinski definition) is 2. The second kappa shape index (κ2) is 4.99. The molecule has 0 atom stereocenters. The highest BCUT2D eigenvalue weighted by Gasteiger charge is 2.32. The van der Waals surface area contributed by atoms with Crippen molar-refractivity contribution in [3.63, 3.8) is 0 Å². The zero-order valence-electron chi connectivity index (χ0n) is 9.48. The molecule has 8 heteroatoms. The lowest BCUT2D eigenvalue weighted by atomic mass is 10.2. The Morgan fingerprint density at radius 2 is 1.95 bits per heavy atom. The number of nitrogens with one attached hydrogen (secondary N) is 1. The summed E-state index contributed by atoms with van der Waals surface area (Å²) in [6, 6.07) is 2.72. The van der Waals surface area contributed by atoms with Crippen LogP contribution in [-0.4, -0.2) is 10.2 Å². The average Bonchev–Trinajstić information content (AvgIpc) is 2.68. The van der Waals surface area contributed by atoms with Crippen LogP contribution in [-0.2, 0) is 6.18 Å². The first-order chi connectivity index (χ1) is 8.77. The molecule has 1 N–H and O–H groups in total. The highest BCUT2D eigenvalue weighted by molar-refractivity contribution is 14.1. The summed E-state index contributed by atoms with van der Waals surface area (Å²) < 4.78 is 56.3. The van der Waals surface area contributed by atoms with Crippen molar-refractivity contribution in [1.82, 2.24) is 10.2 Å². The van der Waals surface area contributed by atoms with Crippen molar-refractivity contribution in [2.75, 3.05) is 0 Å². The second-order valence-corrected chi connectivity index (χ2v) is 4.92. The fourth-order valence-electron chi connectivity index (χ4n) is 1.37. The molecule has 0 bridgehead atoms. The van der Waals surface area contributed by atoms with Crippen LogP contribution in [0.5, 0.6) is 11.6 Å². The molecule has 0 fully saturated rings. The smallest absolute Gasteiger partial charge is 0.416 e. The summed E-state index contributed by atoms with van der Waals surface area (Å²) >= 11 is 1.58. The summed E-state index contributed by atoms with van der Waals surface area (Å²) in [5, 5.41) is 6.31. The third-order valence-electron chi connectivity index (χ3n) is 2.21. The molecular formula is C11H7F4IN2O. The van der Waals surface area contributed by atoms with Gasteiger partial charge in [0, 0.05) is 11.8 Å². The maximum Gasteiger partial charge on any atom is 0.416 e. The molecular weight excluding hydrogens is 379 g/mol. The van der Waals surface area contributed by atoms with E-state index in [-0.39, 0.29) is 15.2 Å². The summed E-state index contributed by atoms with van der Waals surface area (Å²) in [5.41, 5.74) is -0.364. The Balaban J connectivity index is 2.37. The van der Waals surface area contributed by atoms with Gasteiger partial charge >= 0.3 is 6.18 Å². The van der Waals surface area contributed by atoms with Gasteiger partial charge in [0.2, 0.25) is 5.88 Å².